The van der Waals surface area contributed by atoms with Gasteiger partial charge in [-0.25, -0.2) is 0 Å². The van der Waals surface area contributed by atoms with E-state index in [2.05, 4.69) is 21.9 Å². The van der Waals surface area contributed by atoms with Crippen molar-refractivity contribution in [1.82, 2.24) is 0 Å². The number of methoxy groups -OCH3 is 2. The minimum absolute atomic E-state index is 0.633. The first-order valence-electron chi connectivity index (χ1n) is 3.61. The highest BCUT2D eigenvalue weighted by Gasteiger charge is 2.07. The zero-order valence-electron chi connectivity index (χ0n) is 7.43. The highest BCUT2D eigenvalue weighted by atomic mass is 79.9. The maximum atomic E-state index is 5.32. The monoisotopic (exact) mass is 240 g/mol. The quantitative estimate of drug-likeness (QED) is 0.740. The molecule has 0 aliphatic carbocycles. The largest absolute Gasteiger partial charge is 0.497 e. The Labute approximate surface area is 86.0 Å². The van der Waals surface area contributed by atoms with Crippen LogP contribution in [0.4, 0.5) is 0 Å². The molecule has 0 spiro atoms. The van der Waals surface area contributed by atoms with Crippen molar-refractivity contribution in [1.29, 1.82) is 0 Å². The van der Waals surface area contributed by atoms with E-state index >= 15 is 0 Å². The topological polar surface area (TPSA) is 18.5 Å². The molecule has 13 heavy (non-hydrogen) atoms. The maximum Gasteiger partial charge on any atom is 0.139 e. The SMILES string of the molecule is C#Cc1c(Br)cc(OC)cc1OC. The van der Waals surface area contributed by atoms with E-state index in [1.807, 2.05) is 0 Å². The van der Waals surface area contributed by atoms with Crippen molar-refractivity contribution in [2.75, 3.05) is 14.2 Å². The predicted octanol–water partition coefficient (Wildman–Crippen LogP) is 2.45. The van der Waals surface area contributed by atoms with Crippen molar-refractivity contribution in [3.05, 3.63) is 22.2 Å². The number of terminal acetylenes is 1. The molecule has 1 aromatic carbocycles. The lowest BCUT2D eigenvalue weighted by Gasteiger charge is -2.08. The molecule has 0 unspecified atom stereocenters. The van der Waals surface area contributed by atoms with Gasteiger partial charge in [0, 0.05) is 10.5 Å². The third-order valence-corrected chi connectivity index (χ3v) is 2.25. The number of halogens is 1. The number of hydrogen-bond acceptors (Lipinski definition) is 2. The van der Waals surface area contributed by atoms with Crippen molar-refractivity contribution in [2.45, 2.75) is 0 Å². The van der Waals surface area contributed by atoms with Crippen LogP contribution in [0.5, 0.6) is 11.5 Å². The molecule has 1 aromatic rings. The van der Waals surface area contributed by atoms with Crippen LogP contribution in [0.15, 0.2) is 16.6 Å². The number of benzene rings is 1. The maximum absolute atomic E-state index is 5.32. The first-order valence-corrected chi connectivity index (χ1v) is 4.40. The summed E-state index contributed by atoms with van der Waals surface area (Å²) in [6.45, 7) is 0. The molecule has 1 rings (SSSR count). The lowest BCUT2D eigenvalue weighted by Crippen LogP contribution is -1.91. The molecule has 0 heterocycles. The fourth-order valence-electron chi connectivity index (χ4n) is 0.977. The third kappa shape index (κ3) is 1.96. The molecule has 0 aliphatic rings. The highest BCUT2D eigenvalue weighted by Crippen LogP contribution is 2.31. The van der Waals surface area contributed by atoms with Gasteiger partial charge in [0.15, 0.2) is 0 Å². The molecule has 0 saturated carbocycles. The molecule has 0 saturated heterocycles. The Morgan fingerprint density at radius 2 is 2.00 bits per heavy atom. The van der Waals surface area contributed by atoms with E-state index in [0.29, 0.717) is 17.1 Å². The third-order valence-electron chi connectivity index (χ3n) is 1.63. The fourth-order valence-corrected chi connectivity index (χ4v) is 1.51. The summed E-state index contributed by atoms with van der Waals surface area (Å²) in [4.78, 5) is 0. The standard InChI is InChI=1S/C10H9BrO2/c1-4-8-9(11)5-7(12-2)6-10(8)13-3/h1,5-6H,2-3H3. The van der Waals surface area contributed by atoms with Crippen LogP contribution in [0.25, 0.3) is 0 Å². The number of rotatable bonds is 2. The average molecular weight is 241 g/mol. The van der Waals surface area contributed by atoms with Gasteiger partial charge in [0.05, 0.1) is 19.8 Å². The van der Waals surface area contributed by atoms with Gasteiger partial charge in [-0.1, -0.05) is 5.92 Å². The van der Waals surface area contributed by atoms with Crippen molar-refractivity contribution in [2.24, 2.45) is 0 Å². The molecular formula is C10H9BrO2. The first-order chi connectivity index (χ1) is 6.22. The van der Waals surface area contributed by atoms with Gasteiger partial charge in [-0.2, -0.15) is 0 Å². The zero-order valence-corrected chi connectivity index (χ0v) is 9.01. The van der Waals surface area contributed by atoms with E-state index in [1.165, 1.54) is 0 Å². The molecule has 3 heteroatoms. The Bertz CT molecular complexity index is 353. The Kier molecular flexibility index (Phi) is 3.21. The van der Waals surface area contributed by atoms with Gasteiger partial charge < -0.3 is 9.47 Å². The van der Waals surface area contributed by atoms with Crippen LogP contribution >= 0.6 is 15.9 Å². The Morgan fingerprint density at radius 1 is 1.31 bits per heavy atom. The van der Waals surface area contributed by atoms with E-state index in [-0.39, 0.29) is 0 Å². The van der Waals surface area contributed by atoms with E-state index < -0.39 is 0 Å². The molecule has 2 nitrogen and oxygen atoms in total. The van der Waals surface area contributed by atoms with Crippen LogP contribution in [-0.4, -0.2) is 14.2 Å². The lowest BCUT2D eigenvalue weighted by molar-refractivity contribution is 0.393. The van der Waals surface area contributed by atoms with Gasteiger partial charge in [-0.15, -0.1) is 6.42 Å². The molecule has 0 bridgehead atoms. The summed E-state index contributed by atoms with van der Waals surface area (Å²) >= 11 is 3.34. The molecule has 0 amide bonds. The molecule has 0 N–H and O–H groups in total. The summed E-state index contributed by atoms with van der Waals surface area (Å²) < 4.78 is 11.0. The Balaban J connectivity index is 3.31. The molecule has 68 valence electrons. The van der Waals surface area contributed by atoms with E-state index in [4.69, 9.17) is 15.9 Å². The number of ether oxygens (including phenoxy) is 2. The summed E-state index contributed by atoms with van der Waals surface area (Å²) in [7, 11) is 3.17. The van der Waals surface area contributed by atoms with E-state index in [1.54, 1.807) is 26.4 Å². The fraction of sp³-hybridized carbons (Fsp3) is 0.200. The van der Waals surface area contributed by atoms with Crippen molar-refractivity contribution >= 4 is 15.9 Å². The van der Waals surface area contributed by atoms with Gasteiger partial charge in [0.1, 0.15) is 11.5 Å². The van der Waals surface area contributed by atoms with Gasteiger partial charge in [0.2, 0.25) is 0 Å². The lowest BCUT2D eigenvalue weighted by atomic mass is 10.2. The van der Waals surface area contributed by atoms with Crippen molar-refractivity contribution in [3.8, 4) is 23.8 Å². The molecule has 0 radical (unpaired) electrons. The predicted molar refractivity (Wildman–Crippen MR) is 55.2 cm³/mol. The van der Waals surface area contributed by atoms with Crippen LogP contribution < -0.4 is 9.47 Å². The van der Waals surface area contributed by atoms with Gasteiger partial charge in [-0.3, -0.25) is 0 Å². The second kappa shape index (κ2) is 4.20. The van der Waals surface area contributed by atoms with Gasteiger partial charge in [0.25, 0.3) is 0 Å². The van der Waals surface area contributed by atoms with Gasteiger partial charge in [-0.05, 0) is 22.0 Å². The molecule has 0 aliphatic heterocycles. The minimum Gasteiger partial charge on any atom is -0.497 e. The minimum atomic E-state index is 0.633. The normalized spacial score (nSPS) is 9.08. The molecule has 0 fully saturated rings. The summed E-state index contributed by atoms with van der Waals surface area (Å²) in [6, 6.07) is 3.55. The van der Waals surface area contributed by atoms with Gasteiger partial charge >= 0.3 is 0 Å². The van der Waals surface area contributed by atoms with E-state index in [9.17, 15) is 0 Å². The summed E-state index contributed by atoms with van der Waals surface area (Å²) in [5, 5.41) is 0. The smallest absolute Gasteiger partial charge is 0.139 e. The first kappa shape index (κ1) is 9.94. The van der Waals surface area contributed by atoms with E-state index in [0.717, 1.165) is 4.47 Å². The molecule has 0 aromatic heterocycles. The average Bonchev–Trinajstić information content (AvgIpc) is 2.16. The van der Waals surface area contributed by atoms with Crippen LogP contribution in [0.2, 0.25) is 0 Å². The number of hydrogen-bond donors (Lipinski definition) is 0. The second-order valence-corrected chi connectivity index (χ2v) is 3.19. The molecule has 0 atom stereocenters. The summed E-state index contributed by atoms with van der Waals surface area (Å²) in [6.07, 6.45) is 5.32. The van der Waals surface area contributed by atoms with Crippen molar-refractivity contribution in [3.63, 3.8) is 0 Å². The summed E-state index contributed by atoms with van der Waals surface area (Å²) in [5.41, 5.74) is 0.698. The second-order valence-electron chi connectivity index (χ2n) is 2.33. The molecular weight excluding hydrogens is 232 g/mol. The van der Waals surface area contributed by atoms with Crippen LogP contribution in [0.3, 0.4) is 0 Å². The van der Waals surface area contributed by atoms with Crippen LogP contribution in [0.1, 0.15) is 5.56 Å². The summed E-state index contributed by atoms with van der Waals surface area (Å²) in [5.74, 6) is 3.88. The highest BCUT2D eigenvalue weighted by molar-refractivity contribution is 9.10. The Morgan fingerprint density at radius 3 is 2.46 bits per heavy atom. The van der Waals surface area contributed by atoms with Crippen LogP contribution in [0, 0.1) is 12.3 Å². The zero-order chi connectivity index (χ0) is 9.84. The van der Waals surface area contributed by atoms with Crippen LogP contribution in [-0.2, 0) is 0 Å². The Hall–Kier alpha value is -1.14. The van der Waals surface area contributed by atoms with Crippen molar-refractivity contribution < 1.29 is 9.47 Å².